The highest BCUT2D eigenvalue weighted by Crippen LogP contribution is 2.44. The highest BCUT2D eigenvalue weighted by Gasteiger charge is 2.24. The first-order valence-electron chi connectivity index (χ1n) is 17.7. The van der Waals surface area contributed by atoms with E-state index in [1.54, 1.807) is 11.3 Å². The predicted molar refractivity (Wildman–Crippen MR) is 220 cm³/mol. The lowest BCUT2D eigenvalue weighted by Gasteiger charge is -2.12. The van der Waals surface area contributed by atoms with E-state index in [0.717, 1.165) is 81.4 Å². The minimum absolute atomic E-state index is 0.638. The van der Waals surface area contributed by atoms with Crippen LogP contribution in [0.2, 0.25) is 0 Å². The van der Waals surface area contributed by atoms with Crippen LogP contribution in [0.1, 0.15) is 0 Å². The van der Waals surface area contributed by atoms with Gasteiger partial charge in [0.05, 0.1) is 43.5 Å². The van der Waals surface area contributed by atoms with Gasteiger partial charge in [0, 0.05) is 48.8 Å². The third-order valence-corrected chi connectivity index (χ3v) is 11.8. The van der Waals surface area contributed by atoms with Crippen molar-refractivity contribution in [2.24, 2.45) is 0 Å². The Balaban J connectivity index is 1.24. The number of fused-ring (bicyclic) bond motifs is 12. The van der Waals surface area contributed by atoms with E-state index in [2.05, 4.69) is 143 Å². The number of rotatable bonds is 3. The first-order chi connectivity index (χ1) is 26.3. The van der Waals surface area contributed by atoms with Gasteiger partial charge < -0.3 is 0 Å². The zero-order valence-electron chi connectivity index (χ0n) is 28.1. The van der Waals surface area contributed by atoms with Crippen molar-refractivity contribution in [1.82, 2.24) is 29.1 Å². The molecule has 0 spiro atoms. The number of nitrogens with zero attached hydrogens (tertiary/aromatic N) is 6. The number of para-hydroxylation sites is 3. The monoisotopic (exact) mass is 694 g/mol. The molecule has 0 saturated heterocycles. The summed E-state index contributed by atoms with van der Waals surface area (Å²) in [5.74, 6) is 1.28. The number of benzene rings is 7. The summed E-state index contributed by atoms with van der Waals surface area (Å²) >= 11 is 1.76. The molecule has 12 rings (SSSR count). The molecule has 0 aliphatic rings. The maximum atomic E-state index is 5.53. The van der Waals surface area contributed by atoms with Crippen LogP contribution in [0.5, 0.6) is 0 Å². The average molecular weight is 695 g/mol. The van der Waals surface area contributed by atoms with Gasteiger partial charge in [0.15, 0.2) is 0 Å². The lowest BCUT2D eigenvalue weighted by atomic mass is 10.0. The Morgan fingerprint density at radius 2 is 1.15 bits per heavy atom. The van der Waals surface area contributed by atoms with Crippen molar-refractivity contribution in [1.29, 1.82) is 0 Å². The van der Waals surface area contributed by atoms with Gasteiger partial charge >= 0.3 is 0 Å². The van der Waals surface area contributed by atoms with Crippen molar-refractivity contribution in [3.8, 4) is 23.2 Å². The van der Waals surface area contributed by atoms with Gasteiger partial charge in [-0.2, -0.15) is 0 Å². The third kappa shape index (κ3) is 4.02. The Bertz CT molecular complexity index is 3480. The second-order valence-corrected chi connectivity index (χ2v) is 14.5. The lowest BCUT2D eigenvalue weighted by Crippen LogP contribution is -2.03. The molecule has 0 aliphatic heterocycles. The summed E-state index contributed by atoms with van der Waals surface area (Å²) in [6, 6.07) is 53.3. The average Bonchev–Trinajstić information content (AvgIpc) is 3.88. The molecule has 5 aromatic heterocycles. The second-order valence-electron chi connectivity index (χ2n) is 13.5. The highest BCUT2D eigenvalue weighted by molar-refractivity contribution is 7.26. The third-order valence-electron chi connectivity index (χ3n) is 10.6. The SMILES string of the molecule is c1ccc2nc(-n3c4ccccc4c4ccc5c(c6ccccc6n5-c5nc(-c6cccc7ccccc67)c6sc7ccccc7c6n5)c43)ncc2c1. The number of hydrogen-bond acceptors (Lipinski definition) is 5. The number of thiophene rings is 1. The normalized spacial score (nSPS) is 12.2. The maximum Gasteiger partial charge on any atom is 0.235 e. The Labute approximate surface area is 305 Å². The smallest absolute Gasteiger partial charge is 0.235 e. The van der Waals surface area contributed by atoms with Gasteiger partial charge in [-0.25, -0.2) is 19.9 Å². The zero-order chi connectivity index (χ0) is 34.6. The molecule has 53 heavy (non-hydrogen) atoms. The van der Waals surface area contributed by atoms with Gasteiger partial charge in [0.25, 0.3) is 0 Å². The standard InChI is InChI=1S/C46H26N6S/c1-3-15-29-27(12-1)14-11-19-31(29)41-44-42(34-18-6-10-23-39(34)53-44)50-46(49-41)51-37-22-9-5-17-33(37)40-38(51)25-24-32-30-16-4-8-21-36(30)52(43(32)40)45-47-26-28-13-2-7-20-35(28)48-45/h1-26H. The molecule has 0 unspecified atom stereocenters. The van der Waals surface area contributed by atoms with Gasteiger partial charge in [-0.15, -0.1) is 11.3 Å². The molecule has 7 aromatic carbocycles. The van der Waals surface area contributed by atoms with E-state index in [-0.39, 0.29) is 0 Å². The van der Waals surface area contributed by atoms with Gasteiger partial charge in [0.1, 0.15) is 0 Å². The van der Waals surface area contributed by atoms with Gasteiger partial charge in [-0.3, -0.25) is 9.13 Å². The molecule has 0 amide bonds. The summed E-state index contributed by atoms with van der Waals surface area (Å²) in [6.45, 7) is 0. The van der Waals surface area contributed by atoms with E-state index in [9.17, 15) is 0 Å². The summed E-state index contributed by atoms with van der Waals surface area (Å²) in [6.07, 6.45) is 1.92. The molecule has 0 aliphatic carbocycles. The molecular weight excluding hydrogens is 669 g/mol. The quantitative estimate of drug-likeness (QED) is 0.185. The Hall–Kier alpha value is -6.96. The number of aromatic nitrogens is 6. The van der Waals surface area contributed by atoms with Crippen molar-refractivity contribution in [2.45, 2.75) is 0 Å². The second kappa shape index (κ2) is 10.8. The summed E-state index contributed by atoms with van der Waals surface area (Å²) in [5, 5.41) is 9.01. The molecule has 0 fully saturated rings. The minimum Gasteiger partial charge on any atom is -0.278 e. The van der Waals surface area contributed by atoms with Gasteiger partial charge in [-0.05, 0) is 41.1 Å². The fourth-order valence-electron chi connectivity index (χ4n) is 8.30. The molecule has 0 bridgehead atoms. The maximum absolute atomic E-state index is 5.53. The molecule has 0 N–H and O–H groups in total. The van der Waals surface area contributed by atoms with Crippen LogP contribution in [0.15, 0.2) is 158 Å². The molecule has 246 valence electrons. The van der Waals surface area contributed by atoms with Crippen molar-refractivity contribution in [2.75, 3.05) is 0 Å². The van der Waals surface area contributed by atoms with E-state index in [1.807, 2.05) is 24.4 Å². The van der Waals surface area contributed by atoms with Crippen molar-refractivity contribution < 1.29 is 0 Å². The predicted octanol–water partition coefficient (Wildman–Crippen LogP) is 11.8. The van der Waals surface area contributed by atoms with E-state index >= 15 is 0 Å². The molecule has 0 radical (unpaired) electrons. The fraction of sp³-hybridized carbons (Fsp3) is 0. The van der Waals surface area contributed by atoms with Crippen molar-refractivity contribution in [3.63, 3.8) is 0 Å². The van der Waals surface area contributed by atoms with Crippen LogP contribution in [0.25, 0.3) is 109 Å². The molecule has 0 atom stereocenters. The Kier molecular flexibility index (Phi) is 5.84. The summed E-state index contributed by atoms with van der Waals surface area (Å²) in [7, 11) is 0. The molecule has 12 aromatic rings. The van der Waals surface area contributed by atoms with Crippen LogP contribution < -0.4 is 0 Å². The van der Waals surface area contributed by atoms with Crippen LogP contribution in [0, 0.1) is 0 Å². The van der Waals surface area contributed by atoms with Crippen LogP contribution in [0.4, 0.5) is 0 Å². The van der Waals surface area contributed by atoms with Crippen LogP contribution in [-0.4, -0.2) is 29.1 Å². The largest absolute Gasteiger partial charge is 0.278 e. The lowest BCUT2D eigenvalue weighted by molar-refractivity contribution is 1.01. The highest BCUT2D eigenvalue weighted by atomic mass is 32.1. The molecule has 7 heteroatoms. The van der Waals surface area contributed by atoms with Crippen molar-refractivity contribution in [3.05, 3.63) is 158 Å². The van der Waals surface area contributed by atoms with Crippen LogP contribution in [0.3, 0.4) is 0 Å². The van der Waals surface area contributed by atoms with Crippen LogP contribution in [-0.2, 0) is 0 Å². The number of hydrogen-bond donors (Lipinski definition) is 0. The molecule has 5 heterocycles. The summed E-state index contributed by atoms with van der Waals surface area (Å²) < 4.78 is 6.75. The molecule has 6 nitrogen and oxygen atoms in total. The van der Waals surface area contributed by atoms with E-state index < -0.39 is 0 Å². The first-order valence-corrected chi connectivity index (χ1v) is 18.5. The van der Waals surface area contributed by atoms with E-state index in [1.165, 1.54) is 15.5 Å². The zero-order valence-corrected chi connectivity index (χ0v) is 28.9. The van der Waals surface area contributed by atoms with E-state index in [0.29, 0.717) is 11.9 Å². The molecule has 0 saturated carbocycles. The summed E-state index contributed by atoms with van der Waals surface area (Å²) in [5.41, 5.74) is 8.08. The summed E-state index contributed by atoms with van der Waals surface area (Å²) in [4.78, 5) is 21.0. The van der Waals surface area contributed by atoms with Gasteiger partial charge in [-0.1, -0.05) is 121 Å². The van der Waals surface area contributed by atoms with Crippen molar-refractivity contribution >= 4 is 96.9 Å². The van der Waals surface area contributed by atoms with E-state index in [4.69, 9.17) is 19.9 Å². The first kappa shape index (κ1) is 28.7. The Morgan fingerprint density at radius 1 is 0.453 bits per heavy atom. The van der Waals surface area contributed by atoms with Crippen LogP contribution >= 0.6 is 11.3 Å². The fourth-order valence-corrected chi connectivity index (χ4v) is 9.44. The topological polar surface area (TPSA) is 61.4 Å². The molecular formula is C46H26N6S. The Morgan fingerprint density at radius 3 is 2.04 bits per heavy atom. The minimum atomic E-state index is 0.638. The van der Waals surface area contributed by atoms with Gasteiger partial charge in [0.2, 0.25) is 11.9 Å².